The number of rotatable bonds is 7. The van der Waals surface area contributed by atoms with Crippen molar-refractivity contribution >= 4 is 45.4 Å². The number of methoxy groups -OCH3 is 1. The molecule has 128 valence electrons. The van der Waals surface area contributed by atoms with E-state index in [2.05, 4.69) is 21.6 Å². The molecule has 0 aliphatic rings. The molecule has 0 spiro atoms. The van der Waals surface area contributed by atoms with Crippen molar-refractivity contribution in [2.45, 2.75) is 10.8 Å². The Labute approximate surface area is 154 Å². The molecular formula is C18H17N3O2S2. The zero-order chi connectivity index (χ0) is 17.5. The Morgan fingerprint density at radius 3 is 2.84 bits per heavy atom. The van der Waals surface area contributed by atoms with E-state index in [0.29, 0.717) is 12.2 Å². The van der Waals surface area contributed by atoms with Gasteiger partial charge in [0.1, 0.15) is 5.75 Å². The molecule has 0 saturated heterocycles. The monoisotopic (exact) mass is 371 g/mol. The van der Waals surface area contributed by atoms with Crippen LogP contribution in [-0.2, 0) is 4.79 Å². The summed E-state index contributed by atoms with van der Waals surface area (Å²) in [5.41, 5.74) is 4.44. The molecule has 0 unspecified atom stereocenters. The van der Waals surface area contributed by atoms with Crippen LogP contribution in [0, 0.1) is 0 Å². The van der Waals surface area contributed by atoms with Gasteiger partial charge in [0.25, 0.3) is 0 Å². The number of carbonyl (C=O) groups is 1. The average Bonchev–Trinajstić information content (AvgIpc) is 3.05. The van der Waals surface area contributed by atoms with Crippen molar-refractivity contribution in [2.24, 2.45) is 5.10 Å². The Kier molecular flexibility index (Phi) is 6.03. The highest BCUT2D eigenvalue weighted by Crippen LogP contribution is 2.29. The lowest BCUT2D eigenvalue weighted by molar-refractivity contribution is -0.120. The number of aromatic nitrogens is 1. The van der Waals surface area contributed by atoms with Gasteiger partial charge in [0, 0.05) is 12.2 Å². The molecule has 1 heterocycles. The van der Waals surface area contributed by atoms with Crippen molar-refractivity contribution in [3.8, 4) is 5.75 Å². The van der Waals surface area contributed by atoms with Crippen LogP contribution in [0.5, 0.6) is 5.75 Å². The smallest absolute Gasteiger partial charge is 0.240 e. The SMILES string of the molecule is COc1ccc(/C=N\NC(=O)CCSc2nc3ccccc3s2)cc1. The Morgan fingerprint density at radius 1 is 1.28 bits per heavy atom. The zero-order valence-electron chi connectivity index (χ0n) is 13.6. The van der Waals surface area contributed by atoms with Crippen LogP contribution >= 0.6 is 23.1 Å². The van der Waals surface area contributed by atoms with Crippen molar-refractivity contribution in [1.82, 2.24) is 10.4 Å². The average molecular weight is 371 g/mol. The van der Waals surface area contributed by atoms with E-state index in [1.807, 2.05) is 42.5 Å². The molecule has 1 aromatic heterocycles. The number of amides is 1. The fourth-order valence-electron chi connectivity index (χ4n) is 2.07. The molecule has 1 N–H and O–H groups in total. The minimum Gasteiger partial charge on any atom is -0.497 e. The van der Waals surface area contributed by atoms with Gasteiger partial charge in [-0.25, -0.2) is 10.4 Å². The number of nitrogens with zero attached hydrogens (tertiary/aromatic N) is 2. The van der Waals surface area contributed by atoms with Crippen LogP contribution in [0.15, 0.2) is 58.0 Å². The lowest BCUT2D eigenvalue weighted by Crippen LogP contribution is -2.17. The number of hydrogen-bond donors (Lipinski definition) is 1. The molecule has 25 heavy (non-hydrogen) atoms. The molecule has 0 atom stereocenters. The summed E-state index contributed by atoms with van der Waals surface area (Å²) in [5, 5.41) is 3.97. The second-order valence-electron chi connectivity index (χ2n) is 5.11. The number of nitrogens with one attached hydrogen (secondary N) is 1. The van der Waals surface area contributed by atoms with Crippen LogP contribution in [0.1, 0.15) is 12.0 Å². The van der Waals surface area contributed by atoms with Crippen LogP contribution in [0.2, 0.25) is 0 Å². The predicted molar refractivity (Wildman–Crippen MR) is 104 cm³/mol. The third-order valence-electron chi connectivity index (χ3n) is 3.35. The van der Waals surface area contributed by atoms with E-state index in [0.717, 1.165) is 21.2 Å². The van der Waals surface area contributed by atoms with Crippen LogP contribution in [0.4, 0.5) is 0 Å². The lowest BCUT2D eigenvalue weighted by atomic mass is 10.2. The molecule has 0 aliphatic heterocycles. The summed E-state index contributed by atoms with van der Waals surface area (Å²) in [7, 11) is 1.62. The highest BCUT2D eigenvalue weighted by Gasteiger charge is 2.05. The van der Waals surface area contributed by atoms with Crippen molar-refractivity contribution in [3.05, 3.63) is 54.1 Å². The van der Waals surface area contributed by atoms with Crippen LogP contribution in [-0.4, -0.2) is 30.0 Å². The number of thiazole rings is 1. The Balaban J connectivity index is 1.42. The van der Waals surface area contributed by atoms with E-state index in [4.69, 9.17) is 4.74 Å². The molecule has 0 radical (unpaired) electrons. The summed E-state index contributed by atoms with van der Waals surface area (Å²) in [6, 6.07) is 15.5. The van der Waals surface area contributed by atoms with Gasteiger partial charge < -0.3 is 4.74 Å². The third kappa shape index (κ3) is 5.04. The minimum atomic E-state index is -0.113. The summed E-state index contributed by atoms with van der Waals surface area (Å²) in [6.45, 7) is 0. The summed E-state index contributed by atoms with van der Waals surface area (Å²) < 4.78 is 7.24. The van der Waals surface area contributed by atoms with Gasteiger partial charge in [0.15, 0.2) is 4.34 Å². The topological polar surface area (TPSA) is 63.6 Å². The number of ether oxygens (including phenoxy) is 1. The van der Waals surface area contributed by atoms with Gasteiger partial charge in [0.05, 0.1) is 23.5 Å². The number of thioether (sulfide) groups is 1. The molecular weight excluding hydrogens is 354 g/mol. The van der Waals surface area contributed by atoms with Gasteiger partial charge in [-0.1, -0.05) is 23.9 Å². The summed E-state index contributed by atoms with van der Waals surface area (Å²) in [5.74, 6) is 1.34. The highest BCUT2D eigenvalue weighted by molar-refractivity contribution is 8.01. The fraction of sp³-hybridized carbons (Fsp3) is 0.167. The molecule has 1 amide bonds. The fourth-order valence-corrected chi connectivity index (χ4v) is 4.15. The van der Waals surface area contributed by atoms with Crippen molar-refractivity contribution in [2.75, 3.05) is 12.9 Å². The number of benzene rings is 2. The summed E-state index contributed by atoms with van der Waals surface area (Å²) in [6.07, 6.45) is 2.00. The second kappa shape index (κ2) is 8.64. The predicted octanol–water partition coefficient (Wildman–Crippen LogP) is 3.94. The standard InChI is InChI=1S/C18H17N3O2S2/c1-23-14-8-6-13(7-9-14)12-19-21-17(22)10-11-24-18-20-15-4-2-3-5-16(15)25-18/h2-9,12H,10-11H2,1H3,(H,21,22)/b19-12-. The molecule has 0 saturated carbocycles. The van der Waals surface area contributed by atoms with E-state index in [-0.39, 0.29) is 5.91 Å². The molecule has 2 aromatic carbocycles. The van der Waals surface area contributed by atoms with E-state index in [1.165, 1.54) is 4.70 Å². The maximum Gasteiger partial charge on any atom is 0.240 e. The molecule has 0 aliphatic carbocycles. The minimum absolute atomic E-state index is 0.113. The Bertz CT molecular complexity index is 842. The van der Waals surface area contributed by atoms with E-state index < -0.39 is 0 Å². The van der Waals surface area contributed by atoms with E-state index in [9.17, 15) is 4.79 Å². The maximum absolute atomic E-state index is 11.8. The Hall–Kier alpha value is -2.38. The highest BCUT2D eigenvalue weighted by atomic mass is 32.2. The molecule has 3 aromatic rings. The van der Waals surface area contributed by atoms with Gasteiger partial charge >= 0.3 is 0 Å². The molecule has 0 bridgehead atoms. The summed E-state index contributed by atoms with van der Waals surface area (Å²) in [4.78, 5) is 16.4. The Morgan fingerprint density at radius 2 is 2.08 bits per heavy atom. The van der Waals surface area contributed by atoms with Crippen LogP contribution in [0.25, 0.3) is 10.2 Å². The van der Waals surface area contributed by atoms with Gasteiger partial charge in [-0.3, -0.25) is 4.79 Å². The van der Waals surface area contributed by atoms with Gasteiger partial charge in [-0.05, 0) is 42.0 Å². The number of hydrazone groups is 1. The van der Waals surface area contributed by atoms with Gasteiger partial charge in [-0.2, -0.15) is 5.10 Å². The first-order chi connectivity index (χ1) is 12.2. The van der Waals surface area contributed by atoms with Crippen LogP contribution in [0.3, 0.4) is 0 Å². The lowest BCUT2D eigenvalue weighted by Gasteiger charge is -2.00. The molecule has 7 heteroatoms. The zero-order valence-corrected chi connectivity index (χ0v) is 15.3. The normalized spacial score (nSPS) is 11.1. The molecule has 3 rings (SSSR count). The largest absolute Gasteiger partial charge is 0.497 e. The van der Waals surface area contributed by atoms with Gasteiger partial charge in [0.2, 0.25) is 5.91 Å². The summed E-state index contributed by atoms with van der Waals surface area (Å²) >= 11 is 3.24. The molecule has 0 fully saturated rings. The third-order valence-corrected chi connectivity index (χ3v) is 5.53. The van der Waals surface area contributed by atoms with E-state index in [1.54, 1.807) is 36.4 Å². The number of hydrogen-bond acceptors (Lipinski definition) is 6. The molecule has 5 nitrogen and oxygen atoms in total. The first-order valence-corrected chi connectivity index (χ1v) is 9.49. The van der Waals surface area contributed by atoms with Crippen molar-refractivity contribution < 1.29 is 9.53 Å². The number of para-hydroxylation sites is 1. The van der Waals surface area contributed by atoms with E-state index >= 15 is 0 Å². The first kappa shape index (κ1) is 17.4. The van der Waals surface area contributed by atoms with Crippen LogP contribution < -0.4 is 10.2 Å². The van der Waals surface area contributed by atoms with Crippen molar-refractivity contribution in [1.29, 1.82) is 0 Å². The maximum atomic E-state index is 11.8. The first-order valence-electron chi connectivity index (χ1n) is 7.69. The van der Waals surface area contributed by atoms with Crippen molar-refractivity contribution in [3.63, 3.8) is 0 Å². The number of carbonyl (C=O) groups excluding carboxylic acids is 1. The second-order valence-corrected chi connectivity index (χ2v) is 7.48. The number of fused-ring (bicyclic) bond motifs is 1. The quantitative estimate of drug-likeness (QED) is 0.388. The van der Waals surface area contributed by atoms with Gasteiger partial charge in [-0.15, -0.1) is 11.3 Å².